The molecule has 1 amide bonds. The predicted molar refractivity (Wildman–Crippen MR) is 299 cm³/mol. The van der Waals surface area contributed by atoms with Crippen LogP contribution in [0.5, 0.6) is 28.7 Å². The van der Waals surface area contributed by atoms with Crippen LogP contribution in [0.3, 0.4) is 0 Å². The molecule has 0 saturated heterocycles. The molecule has 0 heterocycles. The molecule has 0 aromatic heterocycles. The average Bonchev–Trinajstić information content (AvgIpc) is 3.44. The van der Waals surface area contributed by atoms with E-state index in [9.17, 15) is 44.3 Å². The van der Waals surface area contributed by atoms with Gasteiger partial charge in [-0.05, 0) is 152 Å². The van der Waals surface area contributed by atoms with Crippen LogP contribution in [0.25, 0.3) is 21.5 Å². The first-order valence-electron chi connectivity index (χ1n) is 23.9. The molecule has 0 aliphatic carbocycles. The van der Waals surface area contributed by atoms with Crippen LogP contribution in [0.1, 0.15) is 34.3 Å². The second kappa shape index (κ2) is 24.0. The SMILES string of the molecule is COc1ccc(Nc2ccc3c(O)c(N=Nc4cc(OC)c(N=Nc5cc(C)c(N=Nc6ccc(C(=O)Nc7ccc8cc(S(=O)(=O)O)cc(OCCCCS(=O)(=O)O)c8c7)cc6)c(C)c5)cc4OC)c(S(=O)(=O)O)cc3c2)cc1. The lowest BCUT2D eigenvalue weighted by molar-refractivity contribution is 0.102. The number of nitrogens with zero attached hydrogens (tertiary/aromatic N) is 6. The standard InChI is InChI=1S/C54H50N8O15S3/c1-31-22-40(23-32(2)51(31)61-57-37-11-8-33(9-12-37)54(64)56-39-13-10-34-25-42(79(68,69)70)28-47(44(34)27-39)77-20-6-7-21-78(65,66)67)58-59-45-29-49(76-5)46(30-48(45)75-4)60-62-52-50(80(71,72)73)26-35-24-38(16-19-43(35)53(52)63)55-36-14-17-41(74-3)18-15-36/h8-19,22-30,55,63H,6-7,20-21H2,1-5H3,(H,56,64)(H,65,66,67)(H,68,69,70)(H,71,72,73). The summed E-state index contributed by atoms with van der Waals surface area (Å²) >= 11 is 0. The molecule has 0 aliphatic heterocycles. The molecule has 0 saturated carbocycles. The van der Waals surface area contributed by atoms with E-state index >= 15 is 0 Å². The minimum atomic E-state index is -4.94. The minimum Gasteiger partial charge on any atom is -0.505 e. The lowest BCUT2D eigenvalue weighted by Crippen LogP contribution is -2.11. The molecule has 26 heteroatoms. The van der Waals surface area contributed by atoms with Crippen molar-refractivity contribution in [1.29, 1.82) is 0 Å². The molecule has 80 heavy (non-hydrogen) atoms. The van der Waals surface area contributed by atoms with Gasteiger partial charge in [0.15, 0.2) is 5.75 Å². The summed E-state index contributed by atoms with van der Waals surface area (Å²) < 4.78 is 123. The van der Waals surface area contributed by atoms with Crippen molar-refractivity contribution in [2.75, 3.05) is 44.3 Å². The number of anilines is 3. The first kappa shape index (κ1) is 57.3. The van der Waals surface area contributed by atoms with Gasteiger partial charge in [-0.15, -0.1) is 15.3 Å². The first-order chi connectivity index (χ1) is 38.0. The van der Waals surface area contributed by atoms with Crippen molar-refractivity contribution >= 4 is 109 Å². The van der Waals surface area contributed by atoms with Crippen molar-refractivity contribution in [3.63, 3.8) is 0 Å². The van der Waals surface area contributed by atoms with E-state index in [-0.39, 0.29) is 64.4 Å². The molecule has 23 nitrogen and oxygen atoms in total. The predicted octanol–water partition coefficient (Wildman–Crippen LogP) is 13.1. The van der Waals surface area contributed by atoms with E-state index in [2.05, 4.69) is 41.3 Å². The fourth-order valence-electron chi connectivity index (χ4n) is 8.15. The number of carbonyl (C=O) groups excluding carboxylic acids is 1. The maximum atomic E-state index is 13.3. The summed E-state index contributed by atoms with van der Waals surface area (Å²) in [5, 5.41) is 44.5. The summed E-state index contributed by atoms with van der Waals surface area (Å²) in [5.74, 6) is -0.477. The number of benzene rings is 8. The Balaban J connectivity index is 0.947. The van der Waals surface area contributed by atoms with Crippen LogP contribution in [0, 0.1) is 13.8 Å². The Hall–Kier alpha value is -8.92. The van der Waals surface area contributed by atoms with E-state index in [1.807, 2.05) is 13.8 Å². The lowest BCUT2D eigenvalue weighted by Gasteiger charge is -2.13. The maximum Gasteiger partial charge on any atom is 0.296 e. The number of ether oxygens (including phenoxy) is 4. The highest BCUT2D eigenvalue weighted by molar-refractivity contribution is 7.86. The molecule has 6 N–H and O–H groups in total. The fraction of sp³-hybridized carbons (Fsp3) is 0.167. The minimum absolute atomic E-state index is 0.0364. The third-order valence-corrected chi connectivity index (χ3v) is 14.6. The summed E-state index contributed by atoms with van der Waals surface area (Å²) in [6.45, 7) is 3.60. The van der Waals surface area contributed by atoms with Gasteiger partial charge in [0.2, 0.25) is 0 Å². The summed E-state index contributed by atoms with van der Waals surface area (Å²) in [4.78, 5) is 12.2. The van der Waals surface area contributed by atoms with E-state index in [4.69, 9.17) is 23.5 Å². The van der Waals surface area contributed by atoms with Crippen LogP contribution in [0.4, 0.5) is 51.2 Å². The Labute approximate surface area is 458 Å². The third kappa shape index (κ3) is 14.0. The average molecular weight is 1150 g/mol. The topological polar surface area (TPSA) is 336 Å². The highest BCUT2D eigenvalue weighted by Crippen LogP contribution is 2.45. The number of rotatable bonds is 21. The van der Waals surface area contributed by atoms with Crippen LogP contribution < -0.4 is 29.6 Å². The second-order valence-corrected chi connectivity index (χ2v) is 22.1. The molecule has 0 bridgehead atoms. The number of azo groups is 3. The number of amides is 1. The van der Waals surface area contributed by atoms with Crippen molar-refractivity contribution in [2.45, 2.75) is 36.5 Å². The quantitative estimate of drug-likeness (QED) is 0.0221. The van der Waals surface area contributed by atoms with Crippen LogP contribution in [0.2, 0.25) is 0 Å². The zero-order valence-corrected chi connectivity index (χ0v) is 45.6. The van der Waals surface area contributed by atoms with Crippen LogP contribution in [-0.4, -0.2) is 83.6 Å². The maximum absolute atomic E-state index is 13.3. The number of aryl methyl sites for hydroxylation is 2. The number of hydrogen-bond acceptors (Lipinski definition) is 19. The van der Waals surface area contributed by atoms with Crippen LogP contribution in [-0.2, 0) is 30.4 Å². The molecule has 414 valence electrons. The molecule has 8 aromatic rings. The molecule has 0 fully saturated rings. The normalized spacial score (nSPS) is 12.2. The number of unbranched alkanes of at least 4 members (excludes halogenated alkanes) is 1. The van der Waals surface area contributed by atoms with Gasteiger partial charge in [-0.1, -0.05) is 6.07 Å². The van der Waals surface area contributed by atoms with Gasteiger partial charge in [0.1, 0.15) is 45.0 Å². The number of phenolic OH excluding ortho intramolecular Hbond substituents is 1. The summed E-state index contributed by atoms with van der Waals surface area (Å²) in [6, 6.07) is 32.9. The Morgan fingerprint density at radius 2 is 1.15 bits per heavy atom. The molecule has 0 aliphatic rings. The largest absolute Gasteiger partial charge is 0.505 e. The highest BCUT2D eigenvalue weighted by Gasteiger charge is 2.23. The molecule has 0 atom stereocenters. The number of hydrogen-bond donors (Lipinski definition) is 6. The van der Waals surface area contributed by atoms with Crippen LogP contribution in [0.15, 0.2) is 168 Å². The van der Waals surface area contributed by atoms with Gasteiger partial charge in [0.25, 0.3) is 36.3 Å². The summed E-state index contributed by atoms with van der Waals surface area (Å²) in [5.41, 5.74) is 4.54. The number of carbonyl (C=O) groups is 1. The summed E-state index contributed by atoms with van der Waals surface area (Å²) in [6.07, 6.45) is 0.289. The van der Waals surface area contributed by atoms with Crippen molar-refractivity contribution in [2.24, 2.45) is 30.7 Å². The lowest BCUT2D eigenvalue weighted by atomic mass is 10.1. The monoisotopic (exact) mass is 1150 g/mol. The molecular weight excluding hydrogens is 1100 g/mol. The zero-order chi connectivity index (χ0) is 57.5. The van der Waals surface area contributed by atoms with Gasteiger partial charge in [0, 0.05) is 51.6 Å². The molecule has 0 unspecified atom stereocenters. The van der Waals surface area contributed by atoms with Gasteiger partial charge in [-0.3, -0.25) is 18.5 Å². The molecule has 8 aromatic carbocycles. The van der Waals surface area contributed by atoms with E-state index in [0.29, 0.717) is 56.1 Å². The Kier molecular flexibility index (Phi) is 17.2. The number of phenols is 1. The third-order valence-electron chi connectivity index (χ3n) is 12.1. The van der Waals surface area contributed by atoms with Gasteiger partial charge in [0.05, 0.1) is 55.6 Å². The molecule has 0 spiro atoms. The van der Waals surface area contributed by atoms with E-state index in [1.165, 1.54) is 44.6 Å². The number of methoxy groups -OCH3 is 3. The fourth-order valence-corrected chi connectivity index (χ4v) is 9.91. The van der Waals surface area contributed by atoms with E-state index < -0.39 is 63.2 Å². The number of nitrogens with one attached hydrogen (secondary N) is 2. The zero-order valence-electron chi connectivity index (χ0n) is 43.1. The smallest absolute Gasteiger partial charge is 0.296 e. The van der Waals surface area contributed by atoms with Crippen LogP contribution >= 0.6 is 0 Å². The summed E-state index contributed by atoms with van der Waals surface area (Å²) in [7, 11) is -9.41. The molecular formula is C54H50N8O15S3. The van der Waals surface area contributed by atoms with Crippen molar-refractivity contribution in [1.82, 2.24) is 0 Å². The first-order valence-corrected chi connectivity index (χ1v) is 28.3. The Morgan fingerprint density at radius 1 is 0.537 bits per heavy atom. The Bertz CT molecular complexity index is 4120. The highest BCUT2D eigenvalue weighted by atomic mass is 32.2. The van der Waals surface area contributed by atoms with Gasteiger partial charge < -0.3 is 34.7 Å². The Morgan fingerprint density at radius 3 is 1.76 bits per heavy atom. The van der Waals surface area contributed by atoms with Crippen molar-refractivity contribution in [3.8, 4) is 28.7 Å². The van der Waals surface area contributed by atoms with Crippen molar-refractivity contribution < 1.29 is 67.8 Å². The van der Waals surface area contributed by atoms with Gasteiger partial charge in [-0.2, -0.15) is 40.6 Å². The number of fused-ring (bicyclic) bond motifs is 2. The molecule has 0 radical (unpaired) electrons. The van der Waals surface area contributed by atoms with Gasteiger partial charge >= 0.3 is 0 Å². The second-order valence-electron chi connectivity index (χ2n) is 17.7. The van der Waals surface area contributed by atoms with E-state index in [1.54, 1.807) is 98.1 Å². The molecule has 8 rings (SSSR count). The van der Waals surface area contributed by atoms with E-state index in [0.717, 1.165) is 11.8 Å². The van der Waals surface area contributed by atoms with Gasteiger partial charge in [-0.25, -0.2) is 0 Å². The van der Waals surface area contributed by atoms with Crippen molar-refractivity contribution in [3.05, 3.63) is 144 Å². The number of aromatic hydroxyl groups is 1.